The Morgan fingerprint density at radius 2 is 1.38 bits per heavy atom. The molecule has 0 aliphatic heterocycles. The fourth-order valence-electron chi connectivity index (χ4n) is 1.66. The molecule has 0 aliphatic rings. The Kier molecular flexibility index (Phi) is 5.15. The molecule has 0 saturated carbocycles. The van der Waals surface area contributed by atoms with Crippen molar-refractivity contribution >= 4 is 11.6 Å². The van der Waals surface area contributed by atoms with Crippen molar-refractivity contribution in [2.24, 2.45) is 0 Å². The maximum Gasteiger partial charge on any atom is 0.431 e. The van der Waals surface area contributed by atoms with Crippen LogP contribution in [0.3, 0.4) is 0 Å². The van der Waals surface area contributed by atoms with Gasteiger partial charge in [-0.05, 0) is 17.7 Å². The summed E-state index contributed by atoms with van der Waals surface area (Å²) in [6.45, 7) is 0. The van der Waals surface area contributed by atoms with Gasteiger partial charge in [0.05, 0.1) is 6.10 Å². The Bertz CT molecular complexity index is 452. The Morgan fingerprint density at radius 3 is 1.71 bits per heavy atom. The molecule has 1 aromatic rings. The topological polar surface area (TPSA) is 9.23 Å². The molecular weight excluding hydrogens is 329 g/mol. The molecule has 0 fully saturated rings. The molecule has 1 atom stereocenters. The number of halogens is 8. The summed E-state index contributed by atoms with van der Waals surface area (Å²) in [5.41, 5.74) is -5.40. The van der Waals surface area contributed by atoms with Crippen molar-refractivity contribution in [3.05, 3.63) is 34.9 Å². The molecule has 0 aromatic heterocycles. The summed E-state index contributed by atoms with van der Waals surface area (Å²) in [6.07, 6.45) is -15.9. The van der Waals surface area contributed by atoms with Crippen molar-refractivity contribution in [3.63, 3.8) is 0 Å². The molecule has 21 heavy (non-hydrogen) atoms. The molecule has 0 heterocycles. The van der Waals surface area contributed by atoms with Crippen molar-refractivity contribution in [1.82, 2.24) is 0 Å². The zero-order valence-corrected chi connectivity index (χ0v) is 11.3. The van der Waals surface area contributed by atoms with E-state index < -0.39 is 30.5 Å². The summed E-state index contributed by atoms with van der Waals surface area (Å²) in [5, 5.41) is 0.228. The van der Waals surface area contributed by atoms with Gasteiger partial charge in [0.15, 0.2) is 0 Å². The van der Waals surface area contributed by atoms with Crippen molar-refractivity contribution < 1.29 is 35.5 Å². The zero-order valence-electron chi connectivity index (χ0n) is 10.5. The minimum atomic E-state index is -6.10. The van der Waals surface area contributed by atoms with Crippen LogP contribution >= 0.6 is 11.6 Å². The largest absolute Gasteiger partial charge is 0.431 e. The van der Waals surface area contributed by atoms with Crippen LogP contribution in [0.2, 0.25) is 5.02 Å². The lowest BCUT2D eigenvalue weighted by atomic mass is 9.93. The molecule has 1 aromatic carbocycles. The Hall–Kier alpha value is -1.02. The van der Waals surface area contributed by atoms with E-state index in [0.717, 1.165) is 7.11 Å². The number of rotatable bonds is 4. The molecular formula is C12H10ClF7O. The highest BCUT2D eigenvalue weighted by Gasteiger charge is 2.72. The van der Waals surface area contributed by atoms with Crippen molar-refractivity contribution in [1.29, 1.82) is 0 Å². The Labute approximate surface area is 120 Å². The van der Waals surface area contributed by atoms with Gasteiger partial charge in [-0.25, -0.2) is 4.39 Å². The van der Waals surface area contributed by atoms with Crippen LogP contribution in [-0.4, -0.2) is 25.1 Å². The number of benzene rings is 1. The van der Waals surface area contributed by atoms with Gasteiger partial charge in [0, 0.05) is 18.6 Å². The van der Waals surface area contributed by atoms with E-state index in [1.165, 1.54) is 24.3 Å². The minimum Gasteiger partial charge on any atom is -0.377 e. The molecule has 1 unspecified atom stereocenters. The summed E-state index contributed by atoms with van der Waals surface area (Å²) >= 11 is 5.56. The lowest BCUT2D eigenvalue weighted by molar-refractivity contribution is -0.348. The molecule has 0 spiro atoms. The Balaban J connectivity index is 3.15. The van der Waals surface area contributed by atoms with Gasteiger partial charge in [-0.3, -0.25) is 0 Å². The van der Waals surface area contributed by atoms with Gasteiger partial charge in [0.2, 0.25) is 0 Å². The van der Waals surface area contributed by atoms with Gasteiger partial charge in [-0.2, -0.15) is 26.3 Å². The average Bonchev–Trinajstić information content (AvgIpc) is 2.34. The number of methoxy groups -OCH3 is 1. The highest BCUT2D eigenvalue weighted by molar-refractivity contribution is 6.30. The van der Waals surface area contributed by atoms with E-state index in [2.05, 4.69) is 4.74 Å². The number of hydrogen-bond acceptors (Lipinski definition) is 1. The first-order valence-corrected chi connectivity index (χ1v) is 5.91. The molecule has 0 bridgehead atoms. The zero-order chi connectivity index (χ0) is 16.5. The van der Waals surface area contributed by atoms with Crippen molar-refractivity contribution in [2.45, 2.75) is 30.5 Å². The predicted octanol–water partition coefficient (Wildman–Crippen LogP) is 5.25. The highest BCUT2D eigenvalue weighted by atomic mass is 35.5. The standard InChI is InChI=1S/C12H10ClF7O/c1-21-9(7-2-4-8(13)5-3-7)6-10(14,11(15,16)17)12(18,19)20/h2-5,9H,6H2,1H3. The van der Waals surface area contributed by atoms with E-state index in [1.54, 1.807) is 0 Å². The fraction of sp³-hybridized carbons (Fsp3) is 0.500. The monoisotopic (exact) mass is 338 g/mol. The van der Waals surface area contributed by atoms with E-state index in [0.29, 0.717) is 0 Å². The molecule has 1 nitrogen and oxygen atoms in total. The van der Waals surface area contributed by atoms with Crippen LogP contribution in [0.1, 0.15) is 18.1 Å². The number of hydrogen-bond donors (Lipinski definition) is 0. The fourth-order valence-corrected chi connectivity index (χ4v) is 1.79. The van der Waals surface area contributed by atoms with E-state index in [1.807, 2.05) is 0 Å². The van der Waals surface area contributed by atoms with Gasteiger partial charge < -0.3 is 4.74 Å². The SMILES string of the molecule is COC(CC(F)(C(F)(F)F)C(F)(F)F)c1ccc(Cl)cc1. The number of ether oxygens (including phenoxy) is 1. The molecule has 9 heteroatoms. The van der Waals surface area contributed by atoms with Crippen molar-refractivity contribution in [3.8, 4) is 0 Å². The van der Waals surface area contributed by atoms with Crippen LogP contribution in [0.5, 0.6) is 0 Å². The van der Waals surface area contributed by atoms with E-state index in [9.17, 15) is 30.7 Å². The third-order valence-corrected chi connectivity index (χ3v) is 3.14. The number of alkyl halides is 7. The first-order valence-electron chi connectivity index (χ1n) is 5.53. The van der Waals surface area contributed by atoms with Crippen LogP contribution in [0.15, 0.2) is 24.3 Å². The van der Waals surface area contributed by atoms with Gasteiger partial charge in [-0.15, -0.1) is 0 Å². The smallest absolute Gasteiger partial charge is 0.377 e. The lowest BCUT2D eigenvalue weighted by Crippen LogP contribution is -2.54. The average molecular weight is 339 g/mol. The molecule has 0 N–H and O–H groups in total. The van der Waals surface area contributed by atoms with E-state index in [4.69, 9.17) is 11.6 Å². The van der Waals surface area contributed by atoms with Gasteiger partial charge >= 0.3 is 18.0 Å². The van der Waals surface area contributed by atoms with Crippen LogP contribution in [0.25, 0.3) is 0 Å². The molecule has 0 saturated heterocycles. The second-order valence-electron chi connectivity index (χ2n) is 4.28. The van der Waals surface area contributed by atoms with E-state index in [-0.39, 0.29) is 10.6 Å². The van der Waals surface area contributed by atoms with Gasteiger partial charge in [0.1, 0.15) is 0 Å². The van der Waals surface area contributed by atoms with E-state index >= 15 is 0 Å². The van der Waals surface area contributed by atoms with Crippen LogP contribution < -0.4 is 0 Å². The highest BCUT2D eigenvalue weighted by Crippen LogP contribution is 2.51. The third-order valence-electron chi connectivity index (χ3n) is 2.89. The van der Waals surface area contributed by atoms with Gasteiger partial charge in [0.25, 0.3) is 0 Å². The predicted molar refractivity (Wildman–Crippen MR) is 61.8 cm³/mol. The summed E-state index contributed by atoms with van der Waals surface area (Å²) in [5.74, 6) is 0. The lowest BCUT2D eigenvalue weighted by Gasteiger charge is -2.32. The van der Waals surface area contributed by atoms with Gasteiger partial charge in [-0.1, -0.05) is 23.7 Å². The maximum absolute atomic E-state index is 13.7. The molecule has 120 valence electrons. The summed E-state index contributed by atoms with van der Waals surface area (Å²) in [4.78, 5) is 0. The third kappa shape index (κ3) is 3.79. The quantitative estimate of drug-likeness (QED) is 0.681. The molecule has 0 radical (unpaired) electrons. The molecule has 0 amide bonds. The van der Waals surface area contributed by atoms with Crippen LogP contribution in [-0.2, 0) is 4.74 Å². The maximum atomic E-state index is 13.7. The summed E-state index contributed by atoms with van der Waals surface area (Å²) < 4.78 is 93.3. The summed E-state index contributed by atoms with van der Waals surface area (Å²) in [7, 11) is 0.895. The van der Waals surface area contributed by atoms with Crippen LogP contribution in [0, 0.1) is 0 Å². The van der Waals surface area contributed by atoms with Crippen molar-refractivity contribution in [2.75, 3.05) is 7.11 Å². The normalized spacial score (nSPS) is 15.1. The first-order chi connectivity index (χ1) is 9.42. The Morgan fingerprint density at radius 1 is 0.952 bits per heavy atom. The molecule has 0 aliphatic carbocycles. The molecule has 1 rings (SSSR count). The minimum absolute atomic E-state index is 0.0441. The van der Waals surface area contributed by atoms with Crippen LogP contribution in [0.4, 0.5) is 30.7 Å². The second kappa shape index (κ2) is 6.00. The first kappa shape index (κ1) is 18.0. The summed E-state index contributed by atoms with van der Waals surface area (Å²) in [6, 6.07) is 4.85. The second-order valence-corrected chi connectivity index (χ2v) is 4.71.